The van der Waals surface area contributed by atoms with E-state index in [1.165, 1.54) is 6.42 Å². The summed E-state index contributed by atoms with van der Waals surface area (Å²) in [5.41, 5.74) is 0.240. The van der Waals surface area contributed by atoms with Gasteiger partial charge in [-0.1, -0.05) is 0 Å². The molecule has 2 rings (SSSR count). The molecule has 2 aliphatic rings. The number of hydrogen-bond donors (Lipinski definition) is 0. The van der Waals surface area contributed by atoms with Crippen LogP contribution in [0.5, 0.6) is 0 Å². The van der Waals surface area contributed by atoms with Gasteiger partial charge in [-0.2, -0.15) is 0 Å². The third kappa shape index (κ3) is 2.31. The minimum Gasteiger partial charge on any atom is -0.298 e. The fourth-order valence-electron chi connectivity index (χ4n) is 2.85. The Hall–Kier alpha value is 0.580. The van der Waals surface area contributed by atoms with Crippen molar-refractivity contribution in [2.45, 2.75) is 50.9 Å². The van der Waals surface area contributed by atoms with E-state index in [0.717, 1.165) is 32.5 Å². The summed E-state index contributed by atoms with van der Waals surface area (Å²) in [4.78, 5) is 2.49. The van der Waals surface area contributed by atoms with Crippen LogP contribution in [0.1, 0.15) is 33.1 Å². The van der Waals surface area contributed by atoms with E-state index in [9.17, 15) is 4.39 Å². The third-order valence-corrected chi connectivity index (χ3v) is 5.67. The molecular formula is C11H20FIN2. The van der Waals surface area contributed by atoms with Crippen LogP contribution in [0.25, 0.3) is 0 Å². The van der Waals surface area contributed by atoms with Gasteiger partial charge in [0.15, 0.2) is 0 Å². The molecule has 0 N–H and O–H groups in total. The highest BCUT2D eigenvalue weighted by Gasteiger charge is 2.43. The number of likely N-dealkylation sites (tertiary alicyclic amines) is 1. The Morgan fingerprint density at radius 3 is 2.20 bits per heavy atom. The molecule has 0 aromatic rings. The molecule has 15 heavy (non-hydrogen) atoms. The molecule has 0 spiro atoms. The van der Waals surface area contributed by atoms with Crippen LogP contribution in [0.15, 0.2) is 0 Å². The molecule has 2 saturated heterocycles. The molecule has 2 nitrogen and oxygen atoms in total. The predicted molar refractivity (Wildman–Crippen MR) is 68.9 cm³/mol. The average molecular weight is 326 g/mol. The summed E-state index contributed by atoms with van der Waals surface area (Å²) >= 11 is 2.42. The summed E-state index contributed by atoms with van der Waals surface area (Å²) in [6, 6.07) is 0.613. The molecule has 88 valence electrons. The van der Waals surface area contributed by atoms with Crippen LogP contribution in [0.3, 0.4) is 0 Å². The fourth-order valence-corrected chi connectivity index (χ4v) is 3.45. The monoisotopic (exact) mass is 326 g/mol. The Kier molecular flexibility index (Phi) is 3.57. The molecule has 2 aliphatic heterocycles. The highest BCUT2D eigenvalue weighted by molar-refractivity contribution is 14.1. The van der Waals surface area contributed by atoms with E-state index in [1.54, 1.807) is 0 Å². The van der Waals surface area contributed by atoms with Crippen LogP contribution in [-0.2, 0) is 0 Å². The van der Waals surface area contributed by atoms with Crippen molar-refractivity contribution in [2.24, 2.45) is 0 Å². The lowest BCUT2D eigenvalue weighted by atomic mass is 9.93. The summed E-state index contributed by atoms with van der Waals surface area (Å²) in [6.45, 7) is 7.66. The molecule has 4 heteroatoms. The Balaban J connectivity index is 1.99. The van der Waals surface area contributed by atoms with Crippen LogP contribution < -0.4 is 0 Å². The van der Waals surface area contributed by atoms with Gasteiger partial charge in [0.1, 0.15) is 6.17 Å². The summed E-state index contributed by atoms with van der Waals surface area (Å²) < 4.78 is 15.5. The summed E-state index contributed by atoms with van der Waals surface area (Å²) in [6.07, 6.45) is 2.13. The largest absolute Gasteiger partial charge is 0.298 e. The molecule has 2 heterocycles. The van der Waals surface area contributed by atoms with Crippen molar-refractivity contribution in [1.82, 2.24) is 8.01 Å². The van der Waals surface area contributed by atoms with E-state index in [2.05, 4.69) is 44.7 Å². The molecule has 0 bridgehead atoms. The summed E-state index contributed by atoms with van der Waals surface area (Å²) in [5, 5.41) is 0. The first-order valence-electron chi connectivity index (χ1n) is 5.83. The Morgan fingerprint density at radius 2 is 1.73 bits per heavy atom. The Bertz CT molecular complexity index is 227. The van der Waals surface area contributed by atoms with Crippen molar-refractivity contribution in [3.63, 3.8) is 0 Å². The van der Waals surface area contributed by atoms with Gasteiger partial charge in [-0.15, -0.1) is 0 Å². The van der Waals surface area contributed by atoms with Crippen molar-refractivity contribution in [3.8, 4) is 0 Å². The van der Waals surface area contributed by atoms with E-state index in [4.69, 9.17) is 0 Å². The highest BCUT2D eigenvalue weighted by atomic mass is 127. The maximum Gasteiger partial charge on any atom is 0.103 e. The van der Waals surface area contributed by atoms with Gasteiger partial charge in [0.05, 0.1) is 0 Å². The third-order valence-electron chi connectivity index (χ3n) is 3.94. The molecule has 0 saturated carbocycles. The molecule has 1 atom stereocenters. The number of hydrogen-bond acceptors (Lipinski definition) is 2. The molecule has 0 aliphatic carbocycles. The Morgan fingerprint density at radius 1 is 1.13 bits per heavy atom. The van der Waals surface area contributed by atoms with E-state index in [0.29, 0.717) is 6.04 Å². The molecule has 0 aromatic heterocycles. The van der Waals surface area contributed by atoms with Gasteiger partial charge in [-0.25, -0.2) is 7.50 Å². The summed E-state index contributed by atoms with van der Waals surface area (Å²) in [5.74, 6) is 0. The molecule has 0 aromatic carbocycles. The molecular weight excluding hydrogens is 306 g/mol. The minimum absolute atomic E-state index is 0.240. The quantitative estimate of drug-likeness (QED) is 0.540. The summed E-state index contributed by atoms with van der Waals surface area (Å²) in [7, 11) is 0. The van der Waals surface area contributed by atoms with E-state index in [1.807, 2.05) is 0 Å². The van der Waals surface area contributed by atoms with Gasteiger partial charge in [0.25, 0.3) is 0 Å². The van der Waals surface area contributed by atoms with Gasteiger partial charge in [-0.3, -0.25) is 4.90 Å². The van der Waals surface area contributed by atoms with Crippen LogP contribution in [0.2, 0.25) is 0 Å². The van der Waals surface area contributed by atoms with Crippen LogP contribution in [-0.4, -0.2) is 45.4 Å². The number of halogens is 2. The first-order valence-corrected chi connectivity index (χ1v) is 6.80. The fraction of sp³-hybridized carbons (Fsp3) is 1.00. The molecule has 0 amide bonds. The van der Waals surface area contributed by atoms with Gasteiger partial charge >= 0.3 is 0 Å². The maximum absolute atomic E-state index is 13.1. The zero-order chi connectivity index (χ0) is 11.1. The van der Waals surface area contributed by atoms with Gasteiger partial charge in [0, 0.05) is 54.1 Å². The number of alkyl halides is 1. The first kappa shape index (κ1) is 12.0. The van der Waals surface area contributed by atoms with E-state index >= 15 is 0 Å². The smallest absolute Gasteiger partial charge is 0.103 e. The van der Waals surface area contributed by atoms with Crippen molar-refractivity contribution in [2.75, 3.05) is 19.6 Å². The second-order valence-electron chi connectivity index (χ2n) is 5.25. The minimum atomic E-state index is -0.554. The zero-order valence-corrected chi connectivity index (χ0v) is 11.7. The van der Waals surface area contributed by atoms with Crippen LogP contribution in [0.4, 0.5) is 4.39 Å². The van der Waals surface area contributed by atoms with Crippen molar-refractivity contribution >= 4 is 22.9 Å². The lowest BCUT2D eigenvalue weighted by molar-refractivity contribution is 0.0762. The van der Waals surface area contributed by atoms with E-state index in [-0.39, 0.29) is 5.54 Å². The average Bonchev–Trinajstić information content (AvgIpc) is 2.44. The second-order valence-corrected chi connectivity index (χ2v) is 6.42. The molecule has 1 unspecified atom stereocenters. The first-order chi connectivity index (χ1) is 7.01. The zero-order valence-electron chi connectivity index (χ0n) is 9.55. The topological polar surface area (TPSA) is 6.48 Å². The van der Waals surface area contributed by atoms with Crippen molar-refractivity contribution < 1.29 is 4.39 Å². The van der Waals surface area contributed by atoms with Gasteiger partial charge < -0.3 is 0 Å². The molecule has 2 fully saturated rings. The highest BCUT2D eigenvalue weighted by Crippen LogP contribution is 2.36. The standard InChI is InChI=1S/C11H20FIN2/c1-11(2)10(5-8-15(11)13)14-6-3-9(12)4-7-14/h9-10H,3-8H2,1-2H3. The molecule has 0 radical (unpaired) electrons. The normalized spacial score (nSPS) is 34.8. The SMILES string of the molecule is CC1(C)C(N2CCC(F)CC2)CCN1I. The lowest BCUT2D eigenvalue weighted by Gasteiger charge is -2.41. The number of rotatable bonds is 1. The number of nitrogens with zero attached hydrogens (tertiary/aromatic N) is 2. The number of piperidine rings is 1. The lowest BCUT2D eigenvalue weighted by Crippen LogP contribution is -2.52. The van der Waals surface area contributed by atoms with Crippen molar-refractivity contribution in [1.29, 1.82) is 0 Å². The van der Waals surface area contributed by atoms with Gasteiger partial charge in [0.2, 0.25) is 0 Å². The predicted octanol–water partition coefficient (Wildman–Crippen LogP) is 2.62. The second kappa shape index (κ2) is 4.45. The van der Waals surface area contributed by atoms with Gasteiger partial charge in [-0.05, 0) is 33.1 Å². The van der Waals surface area contributed by atoms with Crippen LogP contribution in [0, 0.1) is 0 Å². The Labute approximate surface area is 106 Å². The van der Waals surface area contributed by atoms with Crippen molar-refractivity contribution in [3.05, 3.63) is 0 Å². The van der Waals surface area contributed by atoms with Crippen LogP contribution >= 0.6 is 22.9 Å². The maximum atomic E-state index is 13.1. The van der Waals surface area contributed by atoms with E-state index < -0.39 is 6.17 Å².